The molecule has 0 bridgehead atoms. The summed E-state index contributed by atoms with van der Waals surface area (Å²) in [6.45, 7) is 3.20. The second kappa shape index (κ2) is 13.3. The summed E-state index contributed by atoms with van der Waals surface area (Å²) in [6.07, 6.45) is 0.804. The van der Waals surface area contributed by atoms with Gasteiger partial charge in [0.25, 0.3) is 10.0 Å². The van der Waals surface area contributed by atoms with Crippen LogP contribution >= 0.6 is 0 Å². The van der Waals surface area contributed by atoms with Crippen LogP contribution in [0.4, 0.5) is 5.69 Å². The van der Waals surface area contributed by atoms with Gasteiger partial charge in [-0.1, -0.05) is 37.3 Å². The molecule has 12 heteroatoms. The maximum Gasteiger partial charge on any atom is 0.264 e. The molecule has 40 heavy (non-hydrogen) atoms. The lowest BCUT2D eigenvalue weighted by molar-refractivity contribution is -0.119. The molecule has 10 nitrogen and oxygen atoms in total. The minimum atomic E-state index is -3.99. The van der Waals surface area contributed by atoms with Crippen molar-refractivity contribution >= 4 is 31.6 Å². The Morgan fingerprint density at radius 2 is 1.55 bits per heavy atom. The number of rotatable bonds is 12. The minimum Gasteiger partial charge on any atom is -0.492 e. The molecule has 214 valence electrons. The van der Waals surface area contributed by atoms with Gasteiger partial charge in [-0.15, -0.1) is 0 Å². The summed E-state index contributed by atoms with van der Waals surface area (Å²) in [5.41, 5.74) is 1.44. The Kier molecular flexibility index (Phi) is 9.80. The van der Waals surface area contributed by atoms with Crippen molar-refractivity contribution in [2.24, 2.45) is 0 Å². The first-order chi connectivity index (χ1) is 19.2. The van der Waals surface area contributed by atoms with Crippen LogP contribution in [0.2, 0.25) is 0 Å². The zero-order chi connectivity index (χ0) is 28.6. The van der Waals surface area contributed by atoms with Crippen LogP contribution < -0.4 is 14.4 Å². The van der Waals surface area contributed by atoms with Crippen molar-refractivity contribution < 1.29 is 31.1 Å². The predicted octanol–water partition coefficient (Wildman–Crippen LogP) is 2.66. The predicted molar refractivity (Wildman–Crippen MR) is 151 cm³/mol. The largest absolute Gasteiger partial charge is 0.492 e. The standard InChI is InChI=1S/C28H33N3O7S2/c1-2-23-8-10-24(11-9-23)31(40(35,36)26-6-4-3-5-7-26)22-28(32)29-16-19-38-25-12-14-27(15-13-25)39(33,34)30-17-20-37-21-18-30/h3-15H,2,16-22H2,1H3,(H,29,32). The zero-order valence-corrected chi connectivity index (χ0v) is 23.9. The maximum absolute atomic E-state index is 13.4. The highest BCUT2D eigenvalue weighted by Gasteiger charge is 2.28. The number of carbonyl (C=O) groups is 1. The molecule has 0 aliphatic carbocycles. The van der Waals surface area contributed by atoms with E-state index < -0.39 is 32.5 Å². The van der Waals surface area contributed by atoms with Gasteiger partial charge in [0.2, 0.25) is 15.9 Å². The fraction of sp³-hybridized carbons (Fsp3) is 0.321. The van der Waals surface area contributed by atoms with E-state index in [4.69, 9.17) is 9.47 Å². The first-order valence-corrected chi connectivity index (χ1v) is 15.8. The number of nitrogens with zero attached hydrogens (tertiary/aromatic N) is 2. The van der Waals surface area contributed by atoms with E-state index in [1.165, 1.54) is 28.6 Å². The van der Waals surface area contributed by atoms with Gasteiger partial charge in [-0.25, -0.2) is 16.8 Å². The van der Waals surface area contributed by atoms with Gasteiger partial charge in [0.15, 0.2) is 0 Å². The Labute approximate surface area is 235 Å². The topological polar surface area (TPSA) is 122 Å². The van der Waals surface area contributed by atoms with Crippen molar-refractivity contribution in [3.8, 4) is 5.75 Å². The zero-order valence-electron chi connectivity index (χ0n) is 22.2. The molecule has 4 rings (SSSR count). The van der Waals surface area contributed by atoms with Crippen molar-refractivity contribution in [1.82, 2.24) is 9.62 Å². The van der Waals surface area contributed by atoms with Crippen molar-refractivity contribution in [3.63, 3.8) is 0 Å². The number of hydrogen-bond donors (Lipinski definition) is 1. The Bertz CT molecular complexity index is 1470. The maximum atomic E-state index is 13.4. The molecule has 1 N–H and O–H groups in total. The molecule has 1 heterocycles. The summed E-state index contributed by atoms with van der Waals surface area (Å²) in [6, 6.07) is 21.1. The van der Waals surface area contributed by atoms with E-state index in [0.29, 0.717) is 37.7 Å². The first kappa shape index (κ1) is 29.5. The highest BCUT2D eigenvalue weighted by atomic mass is 32.2. The van der Waals surface area contributed by atoms with Crippen LogP contribution in [0.1, 0.15) is 12.5 Å². The van der Waals surface area contributed by atoms with Crippen LogP contribution in [-0.2, 0) is 36.0 Å². The fourth-order valence-electron chi connectivity index (χ4n) is 4.12. The highest BCUT2D eigenvalue weighted by molar-refractivity contribution is 7.92. The number of morpholine rings is 1. The summed E-state index contributed by atoms with van der Waals surface area (Å²) in [5.74, 6) is -0.0471. The van der Waals surface area contributed by atoms with Gasteiger partial charge in [0.05, 0.1) is 35.2 Å². The third kappa shape index (κ3) is 7.19. The monoisotopic (exact) mass is 587 g/mol. The van der Waals surface area contributed by atoms with E-state index in [-0.39, 0.29) is 22.9 Å². The molecule has 3 aromatic rings. The molecule has 1 aliphatic heterocycles. The Morgan fingerprint density at radius 3 is 2.17 bits per heavy atom. The van der Waals surface area contributed by atoms with E-state index in [1.807, 2.05) is 19.1 Å². The second-order valence-corrected chi connectivity index (χ2v) is 12.8. The van der Waals surface area contributed by atoms with Gasteiger partial charge in [-0.05, 0) is 60.5 Å². The van der Waals surface area contributed by atoms with E-state index in [0.717, 1.165) is 16.3 Å². The van der Waals surface area contributed by atoms with Crippen LogP contribution in [0, 0.1) is 0 Å². The summed E-state index contributed by atoms with van der Waals surface area (Å²) in [7, 11) is -7.58. The number of aryl methyl sites for hydroxylation is 1. The summed E-state index contributed by atoms with van der Waals surface area (Å²) >= 11 is 0. The van der Waals surface area contributed by atoms with Gasteiger partial charge < -0.3 is 14.8 Å². The quantitative estimate of drug-likeness (QED) is 0.323. The lowest BCUT2D eigenvalue weighted by Crippen LogP contribution is -2.41. The average molecular weight is 588 g/mol. The van der Waals surface area contributed by atoms with Crippen LogP contribution in [0.5, 0.6) is 5.75 Å². The molecule has 1 saturated heterocycles. The van der Waals surface area contributed by atoms with E-state index >= 15 is 0 Å². The first-order valence-electron chi connectivity index (χ1n) is 13.0. The van der Waals surface area contributed by atoms with E-state index in [1.54, 1.807) is 42.5 Å². The SMILES string of the molecule is CCc1ccc(N(CC(=O)NCCOc2ccc(S(=O)(=O)N3CCOCC3)cc2)S(=O)(=O)c2ccccc2)cc1. The lowest BCUT2D eigenvalue weighted by Gasteiger charge is -2.26. The third-order valence-corrected chi connectivity index (χ3v) is 10.1. The van der Waals surface area contributed by atoms with Crippen LogP contribution in [0.3, 0.4) is 0 Å². The van der Waals surface area contributed by atoms with Crippen molar-refractivity contribution in [1.29, 1.82) is 0 Å². The summed E-state index contributed by atoms with van der Waals surface area (Å²) in [5, 5.41) is 2.69. The smallest absolute Gasteiger partial charge is 0.264 e. The fourth-order valence-corrected chi connectivity index (χ4v) is 6.97. The highest BCUT2D eigenvalue weighted by Crippen LogP contribution is 2.24. The summed E-state index contributed by atoms with van der Waals surface area (Å²) in [4.78, 5) is 13.0. The molecule has 1 fully saturated rings. The number of benzene rings is 3. The summed E-state index contributed by atoms with van der Waals surface area (Å²) < 4.78 is 65.7. The van der Waals surface area contributed by atoms with Gasteiger partial charge in [-0.3, -0.25) is 9.10 Å². The van der Waals surface area contributed by atoms with Gasteiger partial charge in [-0.2, -0.15) is 4.31 Å². The molecule has 1 aliphatic rings. The van der Waals surface area contributed by atoms with Crippen LogP contribution in [0.15, 0.2) is 88.7 Å². The Balaban J connectivity index is 1.34. The second-order valence-electron chi connectivity index (χ2n) is 9.03. The Morgan fingerprint density at radius 1 is 0.900 bits per heavy atom. The van der Waals surface area contributed by atoms with Gasteiger partial charge >= 0.3 is 0 Å². The van der Waals surface area contributed by atoms with E-state index in [9.17, 15) is 21.6 Å². The molecular formula is C28H33N3O7S2. The molecule has 3 aromatic carbocycles. The van der Waals surface area contributed by atoms with Crippen molar-refractivity contribution in [3.05, 3.63) is 84.4 Å². The number of sulfonamides is 2. The molecular weight excluding hydrogens is 554 g/mol. The number of carbonyl (C=O) groups excluding carboxylic acids is 1. The number of nitrogens with one attached hydrogen (secondary N) is 1. The Hall–Kier alpha value is -3.45. The average Bonchev–Trinajstić information content (AvgIpc) is 2.99. The number of ether oxygens (including phenoxy) is 2. The van der Waals surface area contributed by atoms with Crippen molar-refractivity contribution in [2.75, 3.05) is 50.3 Å². The minimum absolute atomic E-state index is 0.0878. The van der Waals surface area contributed by atoms with Gasteiger partial charge in [0, 0.05) is 13.1 Å². The number of amides is 1. The molecule has 0 radical (unpaired) electrons. The van der Waals surface area contributed by atoms with Crippen molar-refractivity contribution in [2.45, 2.75) is 23.1 Å². The van der Waals surface area contributed by atoms with Crippen LogP contribution in [0.25, 0.3) is 0 Å². The molecule has 0 spiro atoms. The normalized spacial score (nSPS) is 14.4. The molecule has 1 amide bonds. The van der Waals surface area contributed by atoms with Gasteiger partial charge in [0.1, 0.15) is 18.9 Å². The van der Waals surface area contributed by atoms with E-state index in [2.05, 4.69) is 5.32 Å². The number of anilines is 1. The molecule has 0 saturated carbocycles. The lowest BCUT2D eigenvalue weighted by atomic mass is 10.1. The molecule has 0 atom stereocenters. The molecule has 0 aromatic heterocycles. The third-order valence-electron chi connectivity index (χ3n) is 6.38. The number of hydrogen-bond acceptors (Lipinski definition) is 7. The molecule has 0 unspecified atom stereocenters. The van der Waals surface area contributed by atoms with Crippen LogP contribution in [-0.4, -0.2) is 73.0 Å².